The van der Waals surface area contributed by atoms with Crippen LogP contribution in [0.15, 0.2) is 12.1 Å². The van der Waals surface area contributed by atoms with E-state index in [0.717, 1.165) is 16.8 Å². The molecule has 0 radical (unpaired) electrons. The lowest BCUT2D eigenvalue weighted by atomic mass is 9.82. The monoisotopic (exact) mass is 326 g/mol. The van der Waals surface area contributed by atoms with Crippen LogP contribution < -0.4 is 5.32 Å². The van der Waals surface area contributed by atoms with Crippen molar-refractivity contribution in [1.82, 2.24) is 10.2 Å². The van der Waals surface area contributed by atoms with Gasteiger partial charge in [-0.15, -0.1) is 11.3 Å². The number of nitrogens with one attached hydrogen (secondary N) is 1. The molecule has 1 saturated heterocycles. The molecule has 0 aromatic carbocycles. The number of rotatable bonds is 4. The normalized spacial score (nSPS) is 28.9. The molecule has 1 aliphatic heterocycles. The molecule has 1 saturated carbocycles. The maximum Gasteiger partial charge on any atom is 0.0931 e. The van der Waals surface area contributed by atoms with E-state index in [1.165, 1.54) is 56.5 Å². The first-order chi connectivity index (χ1) is 10.3. The highest BCUT2D eigenvalue weighted by Crippen LogP contribution is 2.32. The summed E-state index contributed by atoms with van der Waals surface area (Å²) >= 11 is 7.85. The van der Waals surface area contributed by atoms with Gasteiger partial charge < -0.3 is 5.32 Å². The fraction of sp³-hybridized carbons (Fsp3) is 0.765. The van der Waals surface area contributed by atoms with Crippen molar-refractivity contribution in [3.63, 3.8) is 0 Å². The quantitative estimate of drug-likeness (QED) is 0.874. The summed E-state index contributed by atoms with van der Waals surface area (Å²) in [6, 6.07) is 5.61. The van der Waals surface area contributed by atoms with Crippen LogP contribution in [-0.4, -0.2) is 30.1 Å². The van der Waals surface area contributed by atoms with E-state index in [2.05, 4.69) is 23.2 Å². The highest BCUT2D eigenvalue weighted by molar-refractivity contribution is 7.16. The van der Waals surface area contributed by atoms with Crippen molar-refractivity contribution in [2.45, 2.75) is 64.1 Å². The fourth-order valence-corrected chi connectivity index (χ4v) is 5.09. The topological polar surface area (TPSA) is 15.3 Å². The Bertz CT molecular complexity index is 442. The third kappa shape index (κ3) is 4.01. The molecule has 118 valence electrons. The van der Waals surface area contributed by atoms with Gasteiger partial charge in [-0.2, -0.15) is 0 Å². The Labute approximate surface area is 137 Å². The van der Waals surface area contributed by atoms with Gasteiger partial charge in [0.1, 0.15) is 0 Å². The van der Waals surface area contributed by atoms with Crippen LogP contribution in [0.5, 0.6) is 0 Å². The van der Waals surface area contributed by atoms with Gasteiger partial charge in [-0.1, -0.05) is 37.8 Å². The van der Waals surface area contributed by atoms with Gasteiger partial charge >= 0.3 is 0 Å². The summed E-state index contributed by atoms with van der Waals surface area (Å²) in [7, 11) is 0. The summed E-state index contributed by atoms with van der Waals surface area (Å²) in [5.41, 5.74) is 0. The molecule has 2 aliphatic rings. The Morgan fingerprint density at radius 2 is 2.10 bits per heavy atom. The highest BCUT2D eigenvalue weighted by atomic mass is 35.5. The molecule has 1 aliphatic carbocycles. The second kappa shape index (κ2) is 7.45. The van der Waals surface area contributed by atoms with Gasteiger partial charge in [-0.3, -0.25) is 4.90 Å². The zero-order chi connectivity index (χ0) is 14.7. The predicted octanol–water partition coefficient (Wildman–Crippen LogP) is 4.53. The molecule has 2 atom stereocenters. The van der Waals surface area contributed by atoms with Gasteiger partial charge in [0.2, 0.25) is 0 Å². The maximum absolute atomic E-state index is 6.11. The number of nitrogens with zero attached hydrogens (tertiary/aromatic N) is 1. The lowest BCUT2D eigenvalue weighted by Gasteiger charge is -2.45. The number of thiophene rings is 1. The standard InChI is InChI=1S/C17H27ClN2S/c1-2-14-11-20(12-15-8-9-17(18)21-15)16(10-19-14)13-6-4-3-5-7-13/h8-9,13-14,16,19H,2-7,10-12H2,1H3. The molecular weight excluding hydrogens is 300 g/mol. The van der Waals surface area contributed by atoms with Crippen molar-refractivity contribution >= 4 is 22.9 Å². The van der Waals surface area contributed by atoms with Crippen LogP contribution in [0.3, 0.4) is 0 Å². The van der Waals surface area contributed by atoms with Crippen molar-refractivity contribution in [3.8, 4) is 0 Å². The molecule has 21 heavy (non-hydrogen) atoms. The summed E-state index contributed by atoms with van der Waals surface area (Å²) in [5, 5.41) is 3.77. The lowest BCUT2D eigenvalue weighted by molar-refractivity contribution is 0.0653. The third-order valence-electron chi connectivity index (χ3n) is 5.21. The predicted molar refractivity (Wildman–Crippen MR) is 92.2 cm³/mol. The van der Waals surface area contributed by atoms with Crippen LogP contribution >= 0.6 is 22.9 Å². The summed E-state index contributed by atoms with van der Waals surface area (Å²) < 4.78 is 0.918. The highest BCUT2D eigenvalue weighted by Gasteiger charge is 2.33. The van der Waals surface area contributed by atoms with Crippen LogP contribution in [-0.2, 0) is 6.54 Å². The molecule has 4 heteroatoms. The first kappa shape index (κ1) is 15.8. The summed E-state index contributed by atoms with van der Waals surface area (Å²) in [6.07, 6.45) is 8.36. The molecule has 2 heterocycles. The Kier molecular flexibility index (Phi) is 5.60. The fourth-order valence-electron chi connectivity index (χ4n) is 3.98. The van der Waals surface area contributed by atoms with Gasteiger partial charge in [0.05, 0.1) is 4.34 Å². The SMILES string of the molecule is CCC1CN(Cc2ccc(Cl)s2)C(C2CCCCC2)CN1. The van der Waals surface area contributed by atoms with Crippen molar-refractivity contribution in [2.24, 2.45) is 5.92 Å². The van der Waals surface area contributed by atoms with Crippen LogP contribution in [0.4, 0.5) is 0 Å². The van der Waals surface area contributed by atoms with Crippen LogP contribution in [0.2, 0.25) is 4.34 Å². The van der Waals surface area contributed by atoms with Crippen molar-refractivity contribution in [2.75, 3.05) is 13.1 Å². The second-order valence-electron chi connectivity index (χ2n) is 6.61. The first-order valence-electron chi connectivity index (χ1n) is 8.48. The van der Waals surface area contributed by atoms with E-state index >= 15 is 0 Å². The minimum Gasteiger partial charge on any atom is -0.311 e. The Morgan fingerprint density at radius 1 is 1.29 bits per heavy atom. The Morgan fingerprint density at radius 3 is 2.76 bits per heavy atom. The molecule has 1 N–H and O–H groups in total. The average Bonchev–Trinajstić information content (AvgIpc) is 2.93. The van der Waals surface area contributed by atoms with Crippen LogP contribution in [0.25, 0.3) is 0 Å². The molecule has 2 unspecified atom stereocenters. The van der Waals surface area contributed by atoms with Crippen LogP contribution in [0.1, 0.15) is 50.3 Å². The lowest BCUT2D eigenvalue weighted by Crippen LogP contribution is -2.58. The van der Waals surface area contributed by atoms with Gasteiger partial charge in [-0.05, 0) is 37.3 Å². The van der Waals surface area contributed by atoms with E-state index in [4.69, 9.17) is 11.6 Å². The minimum atomic E-state index is 0.653. The van der Waals surface area contributed by atoms with Gasteiger partial charge in [0, 0.05) is 36.6 Å². The van der Waals surface area contributed by atoms with E-state index < -0.39 is 0 Å². The van der Waals surface area contributed by atoms with E-state index in [1.54, 1.807) is 11.3 Å². The average molecular weight is 327 g/mol. The van der Waals surface area contributed by atoms with E-state index in [0.29, 0.717) is 12.1 Å². The summed E-state index contributed by atoms with van der Waals surface area (Å²) in [5.74, 6) is 0.888. The molecule has 0 spiro atoms. The zero-order valence-electron chi connectivity index (χ0n) is 13.0. The number of halogens is 1. The maximum atomic E-state index is 6.11. The van der Waals surface area contributed by atoms with Gasteiger partial charge in [0.25, 0.3) is 0 Å². The summed E-state index contributed by atoms with van der Waals surface area (Å²) in [6.45, 7) is 5.73. The van der Waals surface area contributed by atoms with Gasteiger partial charge in [0.15, 0.2) is 0 Å². The minimum absolute atomic E-state index is 0.653. The molecule has 1 aromatic rings. The number of hydrogen-bond acceptors (Lipinski definition) is 3. The van der Waals surface area contributed by atoms with Crippen LogP contribution in [0, 0.1) is 5.92 Å². The third-order valence-corrected chi connectivity index (χ3v) is 6.43. The molecule has 0 amide bonds. The first-order valence-corrected chi connectivity index (χ1v) is 9.67. The molecule has 2 nitrogen and oxygen atoms in total. The smallest absolute Gasteiger partial charge is 0.0931 e. The Hall–Kier alpha value is -0.0900. The largest absolute Gasteiger partial charge is 0.311 e. The molecular formula is C17H27ClN2S. The van der Waals surface area contributed by atoms with E-state index in [-0.39, 0.29) is 0 Å². The second-order valence-corrected chi connectivity index (χ2v) is 8.41. The summed E-state index contributed by atoms with van der Waals surface area (Å²) in [4.78, 5) is 4.15. The van der Waals surface area contributed by atoms with Crippen molar-refractivity contribution < 1.29 is 0 Å². The van der Waals surface area contributed by atoms with E-state index in [1.807, 2.05) is 6.07 Å². The number of hydrogen-bond donors (Lipinski definition) is 1. The van der Waals surface area contributed by atoms with Gasteiger partial charge in [-0.25, -0.2) is 0 Å². The number of piperazine rings is 1. The molecule has 1 aromatic heterocycles. The molecule has 0 bridgehead atoms. The van der Waals surface area contributed by atoms with E-state index in [9.17, 15) is 0 Å². The molecule has 2 fully saturated rings. The van der Waals surface area contributed by atoms with Crippen molar-refractivity contribution in [1.29, 1.82) is 0 Å². The molecule has 3 rings (SSSR count). The zero-order valence-corrected chi connectivity index (χ0v) is 14.6. The van der Waals surface area contributed by atoms with Crippen molar-refractivity contribution in [3.05, 3.63) is 21.3 Å². The Balaban J connectivity index is 1.69.